The molecule has 164 valence electrons. The normalized spacial score (nSPS) is 12.6. The highest BCUT2D eigenvalue weighted by Crippen LogP contribution is 2.41. The maximum Gasteiger partial charge on any atom is 0.123 e. The molecule has 4 heteroatoms. The first kappa shape index (κ1) is 23.5. The van der Waals surface area contributed by atoms with Gasteiger partial charge in [0, 0.05) is 27.6 Å². The number of benzene rings is 2. The van der Waals surface area contributed by atoms with Crippen molar-refractivity contribution >= 4 is 11.8 Å². The van der Waals surface area contributed by atoms with Gasteiger partial charge in [-0.25, -0.2) is 4.39 Å². The van der Waals surface area contributed by atoms with Crippen LogP contribution in [-0.4, -0.2) is 10.1 Å². The smallest absolute Gasteiger partial charge is 0.123 e. The van der Waals surface area contributed by atoms with Crippen molar-refractivity contribution in [3.8, 4) is 11.1 Å². The number of pyridine rings is 1. The zero-order valence-electron chi connectivity index (χ0n) is 19.2. The lowest BCUT2D eigenvalue weighted by Crippen LogP contribution is -2.13. The summed E-state index contributed by atoms with van der Waals surface area (Å²) in [7, 11) is 0. The van der Waals surface area contributed by atoms with E-state index in [0.29, 0.717) is 5.75 Å². The number of thioether (sulfide) groups is 1. The van der Waals surface area contributed by atoms with Crippen molar-refractivity contribution in [2.24, 2.45) is 0 Å². The first-order chi connectivity index (χ1) is 14.7. The number of aliphatic hydroxyl groups is 1. The molecule has 1 heterocycles. The van der Waals surface area contributed by atoms with E-state index in [1.165, 1.54) is 17.7 Å². The third-order valence-corrected chi connectivity index (χ3v) is 6.48. The van der Waals surface area contributed by atoms with E-state index >= 15 is 0 Å². The second kappa shape index (κ2) is 9.97. The van der Waals surface area contributed by atoms with Gasteiger partial charge < -0.3 is 5.11 Å². The second-order valence-electron chi connectivity index (χ2n) is 8.74. The van der Waals surface area contributed by atoms with Gasteiger partial charge in [0.2, 0.25) is 0 Å². The lowest BCUT2D eigenvalue weighted by Gasteiger charge is -2.26. The number of nitrogens with zero attached hydrogens (tertiary/aromatic N) is 1. The van der Waals surface area contributed by atoms with Gasteiger partial charge in [-0.1, -0.05) is 57.5 Å². The van der Waals surface area contributed by atoms with E-state index in [2.05, 4.69) is 58.9 Å². The fraction of sp³-hybridized carbons (Fsp3) is 0.370. The van der Waals surface area contributed by atoms with Crippen LogP contribution >= 0.6 is 11.8 Å². The minimum Gasteiger partial charge on any atom is -0.389 e. The van der Waals surface area contributed by atoms with E-state index in [1.807, 2.05) is 19.1 Å². The first-order valence-corrected chi connectivity index (χ1v) is 11.9. The molecule has 0 saturated heterocycles. The molecule has 0 amide bonds. The van der Waals surface area contributed by atoms with Crippen molar-refractivity contribution in [2.45, 2.75) is 70.1 Å². The van der Waals surface area contributed by atoms with Crippen molar-refractivity contribution in [1.82, 2.24) is 4.98 Å². The van der Waals surface area contributed by atoms with Gasteiger partial charge in [0.1, 0.15) is 5.82 Å². The standard InChI is InChI=1S/C27H32FNOS/c1-16(2)26-23(15-31-22-13-11-21(28)12-14-22)25(20-9-7-18(5)8-10-20)24(19(6)30)27(29-26)17(3)4/h7-14,16-17,19,30H,15H2,1-6H3. The highest BCUT2D eigenvalue weighted by atomic mass is 32.2. The first-order valence-electron chi connectivity index (χ1n) is 10.9. The zero-order valence-corrected chi connectivity index (χ0v) is 20.1. The van der Waals surface area contributed by atoms with Crippen LogP contribution in [-0.2, 0) is 5.75 Å². The summed E-state index contributed by atoms with van der Waals surface area (Å²) in [5, 5.41) is 10.8. The summed E-state index contributed by atoms with van der Waals surface area (Å²) >= 11 is 1.67. The number of hydrogen-bond donors (Lipinski definition) is 1. The zero-order chi connectivity index (χ0) is 22.7. The Labute approximate surface area is 189 Å². The van der Waals surface area contributed by atoms with Crippen LogP contribution in [0.1, 0.15) is 80.6 Å². The molecule has 0 aliphatic carbocycles. The van der Waals surface area contributed by atoms with Crippen LogP contribution in [0.25, 0.3) is 11.1 Å². The van der Waals surface area contributed by atoms with Crippen molar-refractivity contribution in [3.63, 3.8) is 0 Å². The van der Waals surface area contributed by atoms with Crippen LogP contribution in [0.5, 0.6) is 0 Å². The predicted molar refractivity (Wildman–Crippen MR) is 129 cm³/mol. The van der Waals surface area contributed by atoms with Crippen molar-refractivity contribution in [2.75, 3.05) is 0 Å². The van der Waals surface area contributed by atoms with Crippen LogP contribution in [0, 0.1) is 12.7 Å². The molecular weight excluding hydrogens is 405 g/mol. The average Bonchev–Trinajstić information content (AvgIpc) is 2.72. The fourth-order valence-electron chi connectivity index (χ4n) is 3.90. The third-order valence-electron chi connectivity index (χ3n) is 5.45. The number of rotatable bonds is 7. The summed E-state index contributed by atoms with van der Waals surface area (Å²) in [6, 6.07) is 15.1. The molecule has 0 saturated carbocycles. The van der Waals surface area contributed by atoms with Gasteiger partial charge in [-0.3, -0.25) is 4.98 Å². The quantitative estimate of drug-likeness (QED) is 0.383. The molecule has 0 aliphatic rings. The number of aliphatic hydroxyl groups excluding tert-OH is 1. The minimum atomic E-state index is -0.628. The average molecular weight is 438 g/mol. The summed E-state index contributed by atoms with van der Waals surface area (Å²) in [6.07, 6.45) is -0.628. The Kier molecular flexibility index (Phi) is 7.55. The lowest BCUT2D eigenvalue weighted by molar-refractivity contribution is 0.197. The SMILES string of the molecule is Cc1ccc(-c2c(CSc3ccc(F)cc3)c(C(C)C)nc(C(C)C)c2C(C)O)cc1. The summed E-state index contributed by atoms with van der Waals surface area (Å²) in [5.74, 6) is 0.915. The molecule has 0 aliphatic heterocycles. The predicted octanol–water partition coefficient (Wildman–Crippen LogP) is 7.79. The Bertz CT molecular complexity index is 1020. The minimum absolute atomic E-state index is 0.199. The van der Waals surface area contributed by atoms with Crippen LogP contribution in [0.2, 0.25) is 0 Å². The molecule has 31 heavy (non-hydrogen) atoms. The van der Waals surface area contributed by atoms with E-state index < -0.39 is 6.10 Å². The lowest BCUT2D eigenvalue weighted by atomic mass is 9.85. The summed E-state index contributed by atoms with van der Waals surface area (Å²) in [6.45, 7) is 12.5. The van der Waals surface area contributed by atoms with Gasteiger partial charge in [0.05, 0.1) is 6.10 Å². The van der Waals surface area contributed by atoms with Gasteiger partial charge in [-0.2, -0.15) is 0 Å². The number of halogens is 1. The maximum absolute atomic E-state index is 13.4. The van der Waals surface area contributed by atoms with Gasteiger partial charge in [0.25, 0.3) is 0 Å². The van der Waals surface area contributed by atoms with Crippen molar-refractivity contribution in [1.29, 1.82) is 0 Å². The Morgan fingerprint density at radius 1 is 0.871 bits per heavy atom. The number of aromatic nitrogens is 1. The summed E-state index contributed by atoms with van der Waals surface area (Å²) in [4.78, 5) is 6.10. The van der Waals surface area contributed by atoms with E-state index in [0.717, 1.165) is 38.5 Å². The Balaban J connectivity index is 2.25. The van der Waals surface area contributed by atoms with Crippen LogP contribution in [0.15, 0.2) is 53.4 Å². The van der Waals surface area contributed by atoms with Crippen LogP contribution < -0.4 is 0 Å². The topological polar surface area (TPSA) is 33.1 Å². The molecule has 0 fully saturated rings. The Morgan fingerprint density at radius 3 is 1.97 bits per heavy atom. The molecule has 2 nitrogen and oxygen atoms in total. The molecule has 1 unspecified atom stereocenters. The highest BCUT2D eigenvalue weighted by molar-refractivity contribution is 7.98. The molecule has 0 spiro atoms. The van der Waals surface area contributed by atoms with E-state index in [9.17, 15) is 9.50 Å². The third kappa shape index (κ3) is 5.36. The molecule has 1 N–H and O–H groups in total. The maximum atomic E-state index is 13.4. The molecule has 1 aromatic heterocycles. The molecule has 1 atom stereocenters. The van der Waals surface area contributed by atoms with Crippen molar-refractivity contribution in [3.05, 3.63) is 82.4 Å². The number of aryl methyl sites for hydroxylation is 1. The molecule has 0 bridgehead atoms. The second-order valence-corrected chi connectivity index (χ2v) is 9.79. The summed E-state index contributed by atoms with van der Waals surface area (Å²) in [5.41, 5.74) is 7.48. The Morgan fingerprint density at radius 2 is 1.45 bits per heavy atom. The van der Waals surface area contributed by atoms with E-state index in [-0.39, 0.29) is 17.7 Å². The number of hydrogen-bond acceptors (Lipinski definition) is 3. The van der Waals surface area contributed by atoms with E-state index in [4.69, 9.17) is 4.98 Å². The van der Waals surface area contributed by atoms with Gasteiger partial charge in [0.15, 0.2) is 0 Å². The largest absolute Gasteiger partial charge is 0.389 e. The molecule has 0 radical (unpaired) electrons. The van der Waals surface area contributed by atoms with Crippen LogP contribution in [0.4, 0.5) is 4.39 Å². The highest BCUT2D eigenvalue weighted by Gasteiger charge is 2.26. The fourth-order valence-corrected chi connectivity index (χ4v) is 4.83. The van der Waals surface area contributed by atoms with Gasteiger partial charge in [-0.15, -0.1) is 11.8 Å². The molecule has 3 aromatic rings. The monoisotopic (exact) mass is 437 g/mol. The Hall–Kier alpha value is -2.17. The molecule has 2 aromatic carbocycles. The molecular formula is C27H32FNOS. The summed E-state index contributed by atoms with van der Waals surface area (Å²) < 4.78 is 13.4. The van der Waals surface area contributed by atoms with Crippen molar-refractivity contribution < 1.29 is 9.50 Å². The molecule has 3 rings (SSSR count). The van der Waals surface area contributed by atoms with Crippen LogP contribution in [0.3, 0.4) is 0 Å². The van der Waals surface area contributed by atoms with Gasteiger partial charge in [-0.05, 0) is 66.6 Å². The van der Waals surface area contributed by atoms with Gasteiger partial charge >= 0.3 is 0 Å². The van der Waals surface area contributed by atoms with E-state index in [1.54, 1.807) is 11.8 Å².